The highest BCUT2D eigenvalue weighted by Crippen LogP contribution is 2.37. The van der Waals surface area contributed by atoms with Gasteiger partial charge in [0.1, 0.15) is 12.2 Å². The highest BCUT2D eigenvalue weighted by atomic mass is 19.4. The molecule has 1 aromatic carbocycles. The molecule has 2 unspecified atom stereocenters. The zero-order chi connectivity index (χ0) is 20.7. The number of carbonyl (C=O) groups is 2. The maximum atomic E-state index is 13.4. The summed E-state index contributed by atoms with van der Waals surface area (Å²) in [7, 11) is 0. The van der Waals surface area contributed by atoms with Crippen molar-refractivity contribution in [3.8, 4) is 0 Å². The minimum absolute atomic E-state index is 0.0268. The van der Waals surface area contributed by atoms with Crippen molar-refractivity contribution in [2.24, 2.45) is 0 Å². The van der Waals surface area contributed by atoms with Crippen LogP contribution in [-0.4, -0.2) is 37.2 Å². The number of nitrogens with one attached hydrogen (secondary N) is 2. The molecule has 1 saturated heterocycles. The average molecular weight is 400 g/mol. The molecule has 2 amide bonds. The van der Waals surface area contributed by atoms with Gasteiger partial charge in [-0.3, -0.25) is 9.59 Å². The predicted octanol–water partition coefficient (Wildman–Crippen LogP) is 3.74. The van der Waals surface area contributed by atoms with Crippen molar-refractivity contribution in [1.29, 1.82) is 0 Å². The molecule has 28 heavy (non-hydrogen) atoms. The zero-order valence-electron chi connectivity index (χ0n) is 15.5. The van der Waals surface area contributed by atoms with Gasteiger partial charge in [-0.15, -0.1) is 6.58 Å². The minimum atomic E-state index is -4.72. The number of amides is 2. The molecule has 0 radical (unpaired) electrons. The Balaban J connectivity index is 2.12. The summed E-state index contributed by atoms with van der Waals surface area (Å²) >= 11 is 0. The molecule has 0 bridgehead atoms. The van der Waals surface area contributed by atoms with Gasteiger partial charge < -0.3 is 20.1 Å². The van der Waals surface area contributed by atoms with E-state index in [1.165, 1.54) is 13.0 Å². The summed E-state index contributed by atoms with van der Waals surface area (Å²) in [4.78, 5) is 24.1. The van der Waals surface area contributed by atoms with Crippen LogP contribution in [0.1, 0.15) is 31.7 Å². The summed E-state index contributed by atoms with van der Waals surface area (Å²) < 4.78 is 50.8. The summed E-state index contributed by atoms with van der Waals surface area (Å²) in [6.45, 7) is 5.65. The second kappa shape index (κ2) is 9.70. The van der Waals surface area contributed by atoms with E-state index in [2.05, 4.69) is 17.2 Å². The van der Waals surface area contributed by atoms with Crippen molar-refractivity contribution in [3.05, 3.63) is 36.4 Å². The summed E-state index contributed by atoms with van der Waals surface area (Å²) in [6.07, 6.45) is -2.94. The SMILES string of the molecule is C=CCCOC(C)C(=O)Nc1ccc(NC(=O)C2CCCO2)cc1C(F)(F)F. The number of halogens is 3. The highest BCUT2D eigenvalue weighted by Gasteiger charge is 2.35. The number of ether oxygens (including phenoxy) is 2. The normalized spacial score (nSPS) is 17.8. The van der Waals surface area contributed by atoms with E-state index in [0.717, 1.165) is 18.6 Å². The van der Waals surface area contributed by atoms with E-state index in [1.54, 1.807) is 6.08 Å². The molecule has 1 heterocycles. The molecule has 9 heteroatoms. The zero-order valence-corrected chi connectivity index (χ0v) is 15.5. The summed E-state index contributed by atoms with van der Waals surface area (Å²) in [5.41, 5.74) is -1.50. The second-order valence-electron chi connectivity index (χ2n) is 6.33. The lowest BCUT2D eigenvalue weighted by molar-refractivity contribution is -0.137. The number of carbonyl (C=O) groups excluding carboxylic acids is 2. The molecule has 0 aromatic heterocycles. The first-order valence-electron chi connectivity index (χ1n) is 8.89. The Morgan fingerprint density at radius 2 is 2.14 bits per heavy atom. The quantitative estimate of drug-likeness (QED) is 0.515. The first-order valence-corrected chi connectivity index (χ1v) is 8.89. The van der Waals surface area contributed by atoms with Crippen LogP contribution < -0.4 is 10.6 Å². The van der Waals surface area contributed by atoms with Crippen LogP contribution >= 0.6 is 0 Å². The third-order valence-corrected chi connectivity index (χ3v) is 4.13. The van der Waals surface area contributed by atoms with Crippen LogP contribution in [0.15, 0.2) is 30.9 Å². The molecule has 2 N–H and O–H groups in total. The van der Waals surface area contributed by atoms with E-state index in [9.17, 15) is 22.8 Å². The molecule has 1 aromatic rings. The molecule has 154 valence electrons. The van der Waals surface area contributed by atoms with Gasteiger partial charge in [-0.1, -0.05) is 6.08 Å². The smallest absolute Gasteiger partial charge is 0.368 e. The van der Waals surface area contributed by atoms with Crippen LogP contribution in [0.3, 0.4) is 0 Å². The Morgan fingerprint density at radius 1 is 1.39 bits per heavy atom. The van der Waals surface area contributed by atoms with Crippen LogP contribution in [0, 0.1) is 0 Å². The first-order chi connectivity index (χ1) is 13.2. The van der Waals surface area contributed by atoms with Crippen LogP contribution in [0.4, 0.5) is 24.5 Å². The fourth-order valence-electron chi connectivity index (χ4n) is 2.61. The molecular weight excluding hydrogens is 377 g/mol. The fraction of sp³-hybridized carbons (Fsp3) is 0.474. The molecule has 2 rings (SSSR count). The summed E-state index contributed by atoms with van der Waals surface area (Å²) in [6, 6.07) is 3.18. The molecule has 2 atom stereocenters. The van der Waals surface area contributed by atoms with Crippen molar-refractivity contribution < 1.29 is 32.2 Å². The molecule has 0 saturated carbocycles. The van der Waals surface area contributed by atoms with Gasteiger partial charge in [-0.2, -0.15) is 13.2 Å². The summed E-state index contributed by atoms with van der Waals surface area (Å²) in [5, 5.41) is 4.66. The van der Waals surface area contributed by atoms with Crippen LogP contribution in [0.5, 0.6) is 0 Å². The third-order valence-electron chi connectivity index (χ3n) is 4.13. The van der Waals surface area contributed by atoms with Crippen molar-refractivity contribution in [2.45, 2.75) is 44.6 Å². The number of hydrogen-bond donors (Lipinski definition) is 2. The Morgan fingerprint density at radius 3 is 2.75 bits per heavy atom. The van der Waals surface area contributed by atoms with Gasteiger partial charge in [0.05, 0.1) is 17.9 Å². The van der Waals surface area contributed by atoms with E-state index in [0.29, 0.717) is 19.4 Å². The van der Waals surface area contributed by atoms with E-state index in [1.807, 2.05) is 0 Å². The van der Waals surface area contributed by atoms with Gasteiger partial charge in [0.2, 0.25) is 0 Å². The van der Waals surface area contributed by atoms with Gasteiger partial charge in [0, 0.05) is 12.3 Å². The lowest BCUT2D eigenvalue weighted by atomic mass is 10.1. The maximum Gasteiger partial charge on any atom is 0.418 e. The molecule has 6 nitrogen and oxygen atoms in total. The first kappa shape index (κ1) is 21.9. The molecule has 1 aliphatic heterocycles. The lowest BCUT2D eigenvalue weighted by Gasteiger charge is -2.18. The standard InChI is InChI=1S/C19H23F3N2O4/c1-3-4-9-27-12(2)17(25)24-15-8-7-13(11-14(15)19(20,21)22)23-18(26)16-6-5-10-28-16/h3,7-8,11-12,16H,1,4-6,9-10H2,2H3,(H,23,26)(H,24,25). The molecule has 0 spiro atoms. The van der Waals surface area contributed by atoms with Crippen LogP contribution in [-0.2, 0) is 25.2 Å². The Kier molecular flexibility index (Phi) is 7.59. The van der Waals surface area contributed by atoms with Crippen molar-refractivity contribution >= 4 is 23.2 Å². The molecule has 1 aliphatic rings. The van der Waals surface area contributed by atoms with Crippen molar-refractivity contribution in [1.82, 2.24) is 0 Å². The van der Waals surface area contributed by atoms with E-state index >= 15 is 0 Å². The monoisotopic (exact) mass is 400 g/mol. The van der Waals surface area contributed by atoms with Gasteiger partial charge >= 0.3 is 6.18 Å². The van der Waals surface area contributed by atoms with Gasteiger partial charge in [0.25, 0.3) is 11.8 Å². The topological polar surface area (TPSA) is 76.7 Å². The number of benzene rings is 1. The lowest BCUT2D eigenvalue weighted by Crippen LogP contribution is -2.29. The fourth-order valence-corrected chi connectivity index (χ4v) is 2.61. The van der Waals surface area contributed by atoms with Crippen molar-refractivity contribution in [3.63, 3.8) is 0 Å². The van der Waals surface area contributed by atoms with Crippen molar-refractivity contribution in [2.75, 3.05) is 23.8 Å². The highest BCUT2D eigenvalue weighted by molar-refractivity contribution is 5.97. The van der Waals surface area contributed by atoms with Crippen LogP contribution in [0.2, 0.25) is 0 Å². The Labute approximate surface area is 161 Å². The van der Waals surface area contributed by atoms with Gasteiger partial charge in [0.15, 0.2) is 0 Å². The third kappa shape index (κ3) is 6.07. The molecule has 0 aliphatic carbocycles. The largest absolute Gasteiger partial charge is 0.418 e. The number of hydrogen-bond acceptors (Lipinski definition) is 4. The van der Waals surface area contributed by atoms with E-state index in [4.69, 9.17) is 9.47 Å². The predicted molar refractivity (Wildman–Crippen MR) is 97.9 cm³/mol. The number of rotatable bonds is 8. The number of anilines is 2. The van der Waals surface area contributed by atoms with E-state index < -0.39 is 41.4 Å². The molecule has 1 fully saturated rings. The Hall–Kier alpha value is -2.39. The Bertz CT molecular complexity index is 716. The average Bonchev–Trinajstić information content (AvgIpc) is 3.17. The minimum Gasteiger partial charge on any atom is -0.368 e. The van der Waals surface area contributed by atoms with Gasteiger partial charge in [-0.25, -0.2) is 0 Å². The molecular formula is C19H23F3N2O4. The summed E-state index contributed by atoms with van der Waals surface area (Å²) in [5.74, 6) is -1.20. The maximum absolute atomic E-state index is 13.4. The number of alkyl halides is 3. The van der Waals surface area contributed by atoms with E-state index in [-0.39, 0.29) is 12.3 Å². The van der Waals surface area contributed by atoms with Crippen LogP contribution in [0.25, 0.3) is 0 Å². The van der Waals surface area contributed by atoms with Gasteiger partial charge in [-0.05, 0) is 44.4 Å². The second-order valence-corrected chi connectivity index (χ2v) is 6.33.